The van der Waals surface area contributed by atoms with Crippen LogP contribution in [0.25, 0.3) is 5.65 Å². The fourth-order valence-electron chi connectivity index (χ4n) is 2.06. The monoisotopic (exact) mass is 297 g/mol. The Bertz CT molecular complexity index is 841. The lowest BCUT2D eigenvalue weighted by molar-refractivity contribution is -0.590. The maximum Gasteiger partial charge on any atom is 0.359 e. The Balaban J connectivity index is 1.90. The fourth-order valence-corrected chi connectivity index (χ4v) is 2.06. The molecule has 0 aliphatic heterocycles. The van der Waals surface area contributed by atoms with Gasteiger partial charge in [0.05, 0.1) is 11.9 Å². The molecular weight excluding hydrogens is 282 g/mol. The molecule has 0 spiro atoms. The molecule has 7 heteroatoms. The molecule has 0 radical (unpaired) electrons. The van der Waals surface area contributed by atoms with Gasteiger partial charge in [0.2, 0.25) is 0 Å². The molecule has 3 rings (SSSR count). The second kappa shape index (κ2) is 5.36. The fraction of sp³-hybridized carbons (Fsp3) is 0.133. The van der Waals surface area contributed by atoms with E-state index in [1.54, 1.807) is 22.7 Å². The first kappa shape index (κ1) is 13.9. The minimum atomic E-state index is -0.425. The van der Waals surface area contributed by atoms with Crippen LogP contribution in [0, 0.1) is 5.21 Å². The van der Waals surface area contributed by atoms with E-state index in [1.165, 1.54) is 12.3 Å². The van der Waals surface area contributed by atoms with Crippen molar-refractivity contribution in [2.24, 2.45) is 0 Å². The van der Waals surface area contributed by atoms with Gasteiger partial charge in [-0.1, -0.05) is 6.07 Å². The van der Waals surface area contributed by atoms with Crippen LogP contribution in [0.3, 0.4) is 0 Å². The standard InChI is InChI=1S/C15H15N5O2/c1-18(2)11-6-7-13-16-12(10-19(13)9-11)15(21)17-14-5-3-4-8-20(14)22/h3-10H,1-2H3,(H,17,21). The van der Waals surface area contributed by atoms with E-state index < -0.39 is 5.91 Å². The van der Waals surface area contributed by atoms with Crippen LogP contribution in [-0.4, -0.2) is 29.4 Å². The van der Waals surface area contributed by atoms with Crippen LogP contribution in [0.2, 0.25) is 0 Å². The van der Waals surface area contributed by atoms with Crippen LogP contribution in [0.5, 0.6) is 0 Å². The van der Waals surface area contributed by atoms with Crippen molar-refractivity contribution in [2.75, 3.05) is 24.3 Å². The maximum atomic E-state index is 12.2. The highest BCUT2D eigenvalue weighted by Crippen LogP contribution is 2.14. The van der Waals surface area contributed by atoms with E-state index in [2.05, 4.69) is 10.3 Å². The first-order valence-electron chi connectivity index (χ1n) is 6.70. The molecule has 0 fully saturated rings. The molecule has 0 unspecified atom stereocenters. The van der Waals surface area contributed by atoms with Crippen molar-refractivity contribution in [3.05, 3.63) is 59.8 Å². The summed E-state index contributed by atoms with van der Waals surface area (Å²) in [4.78, 5) is 18.4. The van der Waals surface area contributed by atoms with Crippen molar-refractivity contribution in [1.29, 1.82) is 0 Å². The highest BCUT2D eigenvalue weighted by molar-refractivity contribution is 6.02. The third-order valence-electron chi connectivity index (χ3n) is 3.25. The lowest BCUT2D eigenvalue weighted by Crippen LogP contribution is -2.32. The average Bonchev–Trinajstić information content (AvgIpc) is 2.92. The SMILES string of the molecule is CN(C)c1ccc2nc(C(=O)Nc3cccc[n+]3[O-])cn2c1. The Hall–Kier alpha value is -3.09. The molecule has 3 aromatic heterocycles. The molecular formula is C15H15N5O2. The summed E-state index contributed by atoms with van der Waals surface area (Å²) in [5.74, 6) is -0.260. The van der Waals surface area contributed by atoms with Crippen molar-refractivity contribution in [3.8, 4) is 0 Å². The van der Waals surface area contributed by atoms with Crippen molar-refractivity contribution in [2.45, 2.75) is 0 Å². The van der Waals surface area contributed by atoms with Crippen molar-refractivity contribution < 1.29 is 9.52 Å². The first-order chi connectivity index (χ1) is 10.5. The molecule has 7 nitrogen and oxygen atoms in total. The molecule has 0 atom stereocenters. The van der Waals surface area contributed by atoms with Crippen molar-refractivity contribution in [3.63, 3.8) is 0 Å². The zero-order valence-electron chi connectivity index (χ0n) is 12.2. The largest absolute Gasteiger partial charge is 0.711 e. The van der Waals surface area contributed by atoms with E-state index >= 15 is 0 Å². The van der Waals surface area contributed by atoms with E-state index in [9.17, 15) is 10.0 Å². The van der Waals surface area contributed by atoms with Gasteiger partial charge < -0.3 is 14.5 Å². The number of carbonyl (C=O) groups excluding carboxylic acids is 1. The Morgan fingerprint density at radius 1 is 1.27 bits per heavy atom. The summed E-state index contributed by atoms with van der Waals surface area (Å²) in [7, 11) is 3.88. The highest BCUT2D eigenvalue weighted by atomic mass is 16.5. The van der Waals surface area contributed by atoms with Crippen LogP contribution in [-0.2, 0) is 0 Å². The molecule has 0 bridgehead atoms. The Kier molecular flexibility index (Phi) is 3.38. The van der Waals surface area contributed by atoms with Gasteiger partial charge in [0, 0.05) is 32.6 Å². The summed E-state index contributed by atoms with van der Waals surface area (Å²) in [6.07, 6.45) is 4.84. The normalized spacial score (nSPS) is 10.6. The van der Waals surface area contributed by atoms with Gasteiger partial charge in [-0.2, -0.15) is 0 Å². The maximum absolute atomic E-state index is 12.2. The predicted octanol–water partition coefficient (Wildman–Crippen LogP) is 1.29. The number of imidazole rings is 1. The van der Waals surface area contributed by atoms with Gasteiger partial charge in [-0.3, -0.25) is 0 Å². The number of hydrogen-bond donors (Lipinski definition) is 1. The van der Waals surface area contributed by atoms with Crippen molar-refractivity contribution >= 4 is 23.1 Å². The summed E-state index contributed by atoms with van der Waals surface area (Å²) in [6, 6.07) is 8.56. The van der Waals surface area contributed by atoms with E-state index in [0.717, 1.165) is 5.69 Å². The Morgan fingerprint density at radius 3 is 2.82 bits per heavy atom. The van der Waals surface area contributed by atoms with Crippen LogP contribution in [0.1, 0.15) is 10.5 Å². The third kappa shape index (κ3) is 2.56. The zero-order chi connectivity index (χ0) is 15.7. The number of pyridine rings is 2. The summed E-state index contributed by atoms with van der Waals surface area (Å²) >= 11 is 0. The van der Waals surface area contributed by atoms with Gasteiger partial charge >= 0.3 is 5.91 Å². The summed E-state index contributed by atoms with van der Waals surface area (Å²) < 4.78 is 2.37. The van der Waals surface area contributed by atoms with Crippen LogP contribution in [0.15, 0.2) is 48.9 Å². The lowest BCUT2D eigenvalue weighted by atomic mass is 10.4. The number of hydrogen-bond acceptors (Lipinski definition) is 4. The number of fused-ring (bicyclic) bond motifs is 1. The zero-order valence-corrected chi connectivity index (χ0v) is 12.2. The van der Waals surface area contributed by atoms with E-state index in [-0.39, 0.29) is 11.5 Å². The molecule has 22 heavy (non-hydrogen) atoms. The summed E-state index contributed by atoms with van der Waals surface area (Å²) in [5.41, 5.74) is 1.91. The van der Waals surface area contributed by atoms with Crippen LogP contribution >= 0.6 is 0 Å². The molecule has 3 heterocycles. The number of anilines is 2. The van der Waals surface area contributed by atoms with Gasteiger partial charge in [-0.05, 0) is 18.2 Å². The molecule has 112 valence electrons. The van der Waals surface area contributed by atoms with E-state index in [4.69, 9.17) is 0 Å². The number of carbonyl (C=O) groups is 1. The topological polar surface area (TPSA) is 76.6 Å². The van der Waals surface area contributed by atoms with Gasteiger partial charge in [0.25, 0.3) is 5.82 Å². The predicted molar refractivity (Wildman–Crippen MR) is 82.9 cm³/mol. The number of aromatic nitrogens is 3. The minimum Gasteiger partial charge on any atom is -0.711 e. The number of nitrogens with one attached hydrogen (secondary N) is 1. The molecule has 0 aromatic carbocycles. The molecule has 1 N–H and O–H groups in total. The smallest absolute Gasteiger partial charge is 0.359 e. The molecule has 0 aliphatic rings. The van der Waals surface area contributed by atoms with Gasteiger partial charge in [0.15, 0.2) is 5.69 Å². The van der Waals surface area contributed by atoms with E-state index in [0.29, 0.717) is 10.4 Å². The first-order valence-corrected chi connectivity index (χ1v) is 6.70. The molecule has 3 aromatic rings. The molecule has 0 saturated heterocycles. The minimum absolute atomic E-state index is 0.165. The Morgan fingerprint density at radius 2 is 2.09 bits per heavy atom. The average molecular weight is 297 g/mol. The second-order valence-corrected chi connectivity index (χ2v) is 5.04. The van der Waals surface area contributed by atoms with Crippen molar-refractivity contribution in [1.82, 2.24) is 9.38 Å². The summed E-state index contributed by atoms with van der Waals surface area (Å²) in [6.45, 7) is 0. The lowest BCUT2D eigenvalue weighted by Gasteiger charge is -2.11. The van der Waals surface area contributed by atoms with Crippen LogP contribution < -0.4 is 14.9 Å². The Labute approximate surface area is 127 Å². The van der Waals surface area contributed by atoms with E-state index in [1.807, 2.05) is 37.3 Å². The van der Waals surface area contributed by atoms with Gasteiger partial charge in [-0.25, -0.2) is 19.8 Å². The van der Waals surface area contributed by atoms with Gasteiger partial charge in [-0.15, -0.1) is 0 Å². The highest BCUT2D eigenvalue weighted by Gasteiger charge is 2.17. The molecule has 0 aliphatic carbocycles. The van der Waals surface area contributed by atoms with Gasteiger partial charge in [0.1, 0.15) is 5.65 Å². The number of rotatable bonds is 3. The molecule has 1 amide bonds. The third-order valence-corrected chi connectivity index (χ3v) is 3.25. The second-order valence-electron chi connectivity index (χ2n) is 5.04. The number of amides is 1. The number of nitrogens with zero attached hydrogens (tertiary/aromatic N) is 4. The summed E-state index contributed by atoms with van der Waals surface area (Å²) in [5, 5.41) is 14.1. The molecule has 0 saturated carbocycles. The van der Waals surface area contributed by atoms with Crippen LogP contribution in [0.4, 0.5) is 11.5 Å². The quantitative estimate of drug-likeness (QED) is 0.584.